The van der Waals surface area contributed by atoms with Crippen molar-refractivity contribution >= 4 is 17.4 Å². The fourth-order valence-corrected chi connectivity index (χ4v) is 3.44. The lowest BCUT2D eigenvalue weighted by Crippen LogP contribution is -2.31. The highest BCUT2D eigenvalue weighted by Gasteiger charge is 2.21. The smallest absolute Gasteiger partial charge is 0.297 e. The van der Waals surface area contributed by atoms with Gasteiger partial charge >= 0.3 is 0 Å². The molecular formula is C22H20FN3O2. The summed E-state index contributed by atoms with van der Waals surface area (Å²) in [6.07, 6.45) is 6.82. The normalized spacial score (nSPS) is 14.4. The topological polar surface area (TPSA) is 59.2 Å². The van der Waals surface area contributed by atoms with Gasteiger partial charge in [-0.25, -0.2) is 9.37 Å². The van der Waals surface area contributed by atoms with Gasteiger partial charge in [0.2, 0.25) is 0 Å². The van der Waals surface area contributed by atoms with E-state index in [1.165, 1.54) is 23.4 Å². The number of ketones is 1. The predicted molar refractivity (Wildman–Crippen MR) is 105 cm³/mol. The van der Waals surface area contributed by atoms with Gasteiger partial charge in [-0.3, -0.25) is 9.78 Å². The zero-order valence-electron chi connectivity index (χ0n) is 15.6. The summed E-state index contributed by atoms with van der Waals surface area (Å²) in [6, 6.07) is 9.94. The van der Waals surface area contributed by atoms with Gasteiger partial charge in [0.05, 0.1) is 18.0 Å². The van der Waals surface area contributed by atoms with Crippen LogP contribution in [0.5, 0.6) is 0 Å². The molecule has 1 aromatic carbocycles. The van der Waals surface area contributed by atoms with Crippen molar-refractivity contribution in [2.75, 3.05) is 18.0 Å². The molecule has 0 saturated carbocycles. The fourth-order valence-electron chi connectivity index (χ4n) is 3.44. The molecule has 28 heavy (non-hydrogen) atoms. The first kappa shape index (κ1) is 18.1. The van der Waals surface area contributed by atoms with Gasteiger partial charge in [0.1, 0.15) is 6.26 Å². The molecule has 0 unspecified atom stereocenters. The summed E-state index contributed by atoms with van der Waals surface area (Å²) in [4.78, 5) is 22.4. The largest absolute Gasteiger partial charge is 0.432 e. The van der Waals surface area contributed by atoms with Crippen LogP contribution in [0.1, 0.15) is 34.8 Å². The lowest BCUT2D eigenvalue weighted by Gasteiger charge is -2.29. The fraction of sp³-hybridized carbons (Fsp3) is 0.227. The third-order valence-corrected chi connectivity index (χ3v) is 5.05. The summed E-state index contributed by atoms with van der Waals surface area (Å²) in [5.74, 6) is -0.838. The molecule has 142 valence electrons. The zero-order valence-corrected chi connectivity index (χ0v) is 15.6. The van der Waals surface area contributed by atoms with E-state index in [0.29, 0.717) is 6.01 Å². The summed E-state index contributed by atoms with van der Waals surface area (Å²) in [6.45, 7) is 3.75. The van der Waals surface area contributed by atoms with Crippen molar-refractivity contribution in [3.8, 4) is 0 Å². The molecule has 0 atom stereocenters. The minimum absolute atomic E-state index is 0.0755. The Kier molecular flexibility index (Phi) is 5.02. The number of rotatable bonds is 5. The Morgan fingerprint density at radius 2 is 2.04 bits per heavy atom. The molecule has 0 saturated heterocycles. The first-order valence-corrected chi connectivity index (χ1v) is 9.17. The quantitative estimate of drug-likeness (QED) is 0.620. The summed E-state index contributed by atoms with van der Waals surface area (Å²) in [5.41, 5.74) is 4.61. The third-order valence-electron chi connectivity index (χ3n) is 5.05. The maximum Gasteiger partial charge on any atom is 0.297 e. The molecular weight excluding hydrogens is 357 g/mol. The van der Waals surface area contributed by atoms with Crippen LogP contribution in [0.3, 0.4) is 0 Å². The van der Waals surface area contributed by atoms with Crippen LogP contribution < -0.4 is 4.90 Å². The summed E-state index contributed by atoms with van der Waals surface area (Å²) in [5, 5.41) is 0. The number of benzene rings is 1. The van der Waals surface area contributed by atoms with E-state index in [1.54, 1.807) is 12.5 Å². The number of aromatic nitrogens is 2. The molecule has 2 aromatic heterocycles. The Labute approximate surface area is 162 Å². The average Bonchev–Trinajstić information content (AvgIpc) is 3.24. The van der Waals surface area contributed by atoms with E-state index in [9.17, 15) is 9.18 Å². The van der Waals surface area contributed by atoms with E-state index in [2.05, 4.69) is 21.8 Å². The second-order valence-electron chi connectivity index (χ2n) is 6.90. The van der Waals surface area contributed by atoms with E-state index in [0.717, 1.165) is 36.8 Å². The van der Waals surface area contributed by atoms with E-state index in [-0.39, 0.29) is 17.8 Å². The number of hydrogen-bond acceptors (Lipinski definition) is 5. The van der Waals surface area contributed by atoms with Gasteiger partial charge in [-0.2, -0.15) is 0 Å². The maximum atomic E-state index is 13.7. The number of anilines is 1. The molecule has 0 aliphatic carbocycles. The summed E-state index contributed by atoms with van der Waals surface area (Å²) in [7, 11) is 0. The van der Waals surface area contributed by atoms with Gasteiger partial charge in [0.25, 0.3) is 6.01 Å². The van der Waals surface area contributed by atoms with Crippen molar-refractivity contribution in [1.29, 1.82) is 0 Å². The van der Waals surface area contributed by atoms with Crippen LogP contribution in [-0.4, -0.2) is 28.8 Å². The van der Waals surface area contributed by atoms with Gasteiger partial charge in [-0.05, 0) is 36.1 Å². The lowest BCUT2D eigenvalue weighted by molar-refractivity contribution is 0.0989. The van der Waals surface area contributed by atoms with Gasteiger partial charge in [-0.1, -0.05) is 29.8 Å². The lowest BCUT2D eigenvalue weighted by atomic mass is 9.93. The van der Waals surface area contributed by atoms with Crippen LogP contribution >= 0.6 is 0 Å². The van der Waals surface area contributed by atoms with Crippen molar-refractivity contribution < 1.29 is 13.6 Å². The monoisotopic (exact) mass is 377 g/mol. The van der Waals surface area contributed by atoms with Gasteiger partial charge < -0.3 is 9.32 Å². The molecule has 6 heteroatoms. The molecule has 1 aliphatic rings. The van der Waals surface area contributed by atoms with Crippen LogP contribution in [0.25, 0.3) is 5.57 Å². The molecule has 0 spiro atoms. The van der Waals surface area contributed by atoms with E-state index in [4.69, 9.17) is 4.42 Å². The second kappa shape index (κ2) is 7.76. The van der Waals surface area contributed by atoms with Crippen molar-refractivity contribution in [1.82, 2.24) is 9.97 Å². The number of pyridine rings is 1. The summed E-state index contributed by atoms with van der Waals surface area (Å²) >= 11 is 0. The van der Waals surface area contributed by atoms with E-state index < -0.39 is 5.82 Å². The molecule has 0 radical (unpaired) electrons. The number of Topliss-reactive ketones (excluding diaryl/α,β-unsaturated/α-hetero) is 1. The van der Waals surface area contributed by atoms with E-state index >= 15 is 0 Å². The average molecular weight is 377 g/mol. The summed E-state index contributed by atoms with van der Waals surface area (Å²) < 4.78 is 19.2. The first-order chi connectivity index (χ1) is 13.6. The third kappa shape index (κ3) is 3.71. The van der Waals surface area contributed by atoms with Crippen LogP contribution in [-0.2, 0) is 6.42 Å². The number of hydrogen-bond donors (Lipinski definition) is 0. The van der Waals surface area contributed by atoms with Gasteiger partial charge in [0, 0.05) is 25.7 Å². The molecule has 3 heterocycles. The van der Waals surface area contributed by atoms with Crippen molar-refractivity contribution in [3.05, 3.63) is 83.3 Å². The number of halogens is 1. The molecule has 0 fully saturated rings. The van der Waals surface area contributed by atoms with Crippen LogP contribution in [0.2, 0.25) is 0 Å². The van der Waals surface area contributed by atoms with Gasteiger partial charge in [0.15, 0.2) is 11.6 Å². The SMILES string of the molecule is CC1=C(c2ccc(CC(=O)c3ccncc3F)cc2)CN(c2ncco2)CC1. The Hall–Kier alpha value is -3.28. The molecule has 5 nitrogen and oxygen atoms in total. The molecule has 0 amide bonds. The highest BCUT2D eigenvalue weighted by Crippen LogP contribution is 2.29. The van der Waals surface area contributed by atoms with Crippen LogP contribution in [0.4, 0.5) is 10.4 Å². The standard InChI is InChI=1S/C22H20FN3O2/c1-15-7-10-26(22-25-9-11-28-22)14-19(15)17-4-2-16(3-5-17)12-21(27)18-6-8-24-13-20(18)23/h2-6,8-9,11,13H,7,10,12,14H2,1H3. The second-order valence-corrected chi connectivity index (χ2v) is 6.90. The number of nitrogens with zero attached hydrogens (tertiary/aromatic N) is 3. The van der Waals surface area contributed by atoms with Crippen LogP contribution in [0.15, 0.2) is 65.2 Å². The Morgan fingerprint density at radius 3 is 2.75 bits per heavy atom. The highest BCUT2D eigenvalue weighted by molar-refractivity contribution is 5.97. The predicted octanol–water partition coefficient (Wildman–Crippen LogP) is 4.32. The highest BCUT2D eigenvalue weighted by atomic mass is 19.1. The van der Waals surface area contributed by atoms with Crippen molar-refractivity contribution in [2.24, 2.45) is 0 Å². The Morgan fingerprint density at radius 1 is 1.21 bits per heavy atom. The number of carbonyl (C=O) groups is 1. The molecule has 0 N–H and O–H groups in total. The zero-order chi connectivity index (χ0) is 19.5. The molecule has 0 bridgehead atoms. The Bertz CT molecular complexity index is 1010. The Balaban J connectivity index is 1.50. The van der Waals surface area contributed by atoms with Gasteiger partial charge in [-0.15, -0.1) is 0 Å². The number of oxazole rings is 1. The van der Waals surface area contributed by atoms with Crippen molar-refractivity contribution in [3.63, 3.8) is 0 Å². The number of carbonyl (C=O) groups excluding carboxylic acids is 1. The molecule has 4 rings (SSSR count). The molecule has 3 aromatic rings. The van der Waals surface area contributed by atoms with Crippen LogP contribution in [0, 0.1) is 5.82 Å². The minimum atomic E-state index is -0.585. The molecule has 1 aliphatic heterocycles. The minimum Gasteiger partial charge on any atom is -0.432 e. The van der Waals surface area contributed by atoms with Crippen molar-refractivity contribution in [2.45, 2.75) is 19.8 Å². The van der Waals surface area contributed by atoms with E-state index in [1.807, 2.05) is 24.3 Å². The first-order valence-electron chi connectivity index (χ1n) is 9.17. The maximum absolute atomic E-state index is 13.7.